The van der Waals surface area contributed by atoms with Gasteiger partial charge in [0.15, 0.2) is 5.82 Å². The quantitative estimate of drug-likeness (QED) is 0.506. The summed E-state index contributed by atoms with van der Waals surface area (Å²) in [5.41, 5.74) is 4.53. The van der Waals surface area contributed by atoms with Gasteiger partial charge in [-0.15, -0.1) is 0 Å². The van der Waals surface area contributed by atoms with Gasteiger partial charge in [-0.1, -0.05) is 55.5 Å². The molecule has 9 heteroatoms. The fraction of sp³-hybridized carbons (Fsp3) is 0.250. The summed E-state index contributed by atoms with van der Waals surface area (Å²) >= 11 is 0. The fourth-order valence-corrected chi connectivity index (χ4v) is 4.18. The highest BCUT2D eigenvalue weighted by Gasteiger charge is 2.29. The lowest BCUT2D eigenvalue weighted by Gasteiger charge is -2.22. The Morgan fingerprint density at radius 3 is 2.30 bits per heavy atom. The van der Waals surface area contributed by atoms with Gasteiger partial charge in [0.2, 0.25) is 0 Å². The number of aliphatic carboxylic acids is 1. The monoisotopic (exact) mass is 448 g/mol. The number of benzene rings is 2. The predicted octanol–water partition coefficient (Wildman–Crippen LogP) is 3.71. The molecule has 0 aliphatic heterocycles. The van der Waals surface area contributed by atoms with Gasteiger partial charge in [0.25, 0.3) is 5.91 Å². The Balaban J connectivity index is 1.39. The molecule has 0 spiro atoms. The SMILES string of the molecule is CCC(C(=O)O)N(C)C(=O)c1cc(NC(=O)OCC2c3ccccc3-c3ccccc32)n[nH]1. The van der Waals surface area contributed by atoms with E-state index in [1.165, 1.54) is 13.1 Å². The van der Waals surface area contributed by atoms with Crippen molar-refractivity contribution >= 4 is 23.8 Å². The first-order valence-corrected chi connectivity index (χ1v) is 10.6. The lowest BCUT2D eigenvalue weighted by Crippen LogP contribution is -2.42. The van der Waals surface area contributed by atoms with Crippen molar-refractivity contribution in [3.63, 3.8) is 0 Å². The van der Waals surface area contributed by atoms with Crippen LogP contribution in [0.15, 0.2) is 54.6 Å². The summed E-state index contributed by atoms with van der Waals surface area (Å²) in [6.45, 7) is 1.83. The number of rotatable bonds is 7. The van der Waals surface area contributed by atoms with Gasteiger partial charge >= 0.3 is 12.1 Å². The average Bonchev–Trinajstić information content (AvgIpc) is 3.40. The lowest BCUT2D eigenvalue weighted by atomic mass is 9.98. The van der Waals surface area contributed by atoms with Crippen LogP contribution >= 0.6 is 0 Å². The molecule has 1 aromatic heterocycles. The van der Waals surface area contributed by atoms with E-state index in [0.29, 0.717) is 0 Å². The van der Waals surface area contributed by atoms with Crippen LogP contribution in [-0.2, 0) is 9.53 Å². The summed E-state index contributed by atoms with van der Waals surface area (Å²) in [5.74, 6) is -1.61. The van der Waals surface area contributed by atoms with Crippen molar-refractivity contribution in [1.29, 1.82) is 0 Å². The molecule has 0 saturated heterocycles. The largest absolute Gasteiger partial charge is 0.480 e. The third-order valence-corrected chi connectivity index (χ3v) is 5.84. The van der Waals surface area contributed by atoms with Gasteiger partial charge in [-0.2, -0.15) is 5.10 Å². The number of aromatic nitrogens is 2. The van der Waals surface area contributed by atoms with Crippen LogP contribution in [-0.4, -0.2) is 57.9 Å². The molecule has 1 heterocycles. The molecule has 0 radical (unpaired) electrons. The number of carboxylic acid groups (broad SMARTS) is 1. The van der Waals surface area contributed by atoms with Crippen LogP contribution in [0, 0.1) is 0 Å². The normalized spacial score (nSPS) is 13.0. The standard InChI is InChI=1S/C24H24N4O5/c1-3-20(23(30)31)28(2)22(29)19-12-21(27-26-19)25-24(32)33-13-18-16-10-6-4-8-14(16)15-9-5-7-11-17(15)18/h4-12,18,20H,3,13H2,1-2H3,(H,30,31)(H2,25,26,27,32). The molecule has 0 bridgehead atoms. The predicted molar refractivity (Wildman–Crippen MR) is 121 cm³/mol. The number of carbonyl (C=O) groups is 3. The Labute approximate surface area is 190 Å². The Morgan fingerprint density at radius 1 is 1.12 bits per heavy atom. The van der Waals surface area contributed by atoms with Crippen molar-refractivity contribution < 1.29 is 24.2 Å². The molecular weight excluding hydrogens is 424 g/mol. The number of ether oxygens (including phenoxy) is 1. The summed E-state index contributed by atoms with van der Waals surface area (Å²) in [4.78, 5) is 37.3. The molecule has 1 atom stereocenters. The highest BCUT2D eigenvalue weighted by molar-refractivity contribution is 5.96. The second kappa shape index (κ2) is 9.15. The van der Waals surface area contributed by atoms with Crippen molar-refractivity contribution in [1.82, 2.24) is 15.1 Å². The van der Waals surface area contributed by atoms with E-state index in [-0.39, 0.29) is 30.5 Å². The number of carbonyl (C=O) groups excluding carboxylic acids is 2. The third-order valence-electron chi connectivity index (χ3n) is 5.84. The molecule has 3 aromatic rings. The van der Waals surface area contributed by atoms with Gasteiger partial charge in [-0.3, -0.25) is 15.2 Å². The minimum atomic E-state index is -1.09. The van der Waals surface area contributed by atoms with E-state index >= 15 is 0 Å². The third kappa shape index (κ3) is 4.30. The van der Waals surface area contributed by atoms with Gasteiger partial charge in [0.1, 0.15) is 18.3 Å². The molecule has 2 aromatic carbocycles. The Kier molecular flexibility index (Phi) is 6.12. The van der Waals surface area contributed by atoms with Crippen LogP contribution in [0.25, 0.3) is 11.1 Å². The number of anilines is 1. The van der Waals surface area contributed by atoms with Gasteiger partial charge in [-0.25, -0.2) is 9.59 Å². The number of carboxylic acids is 1. The van der Waals surface area contributed by atoms with Gasteiger partial charge < -0.3 is 14.7 Å². The highest BCUT2D eigenvalue weighted by Crippen LogP contribution is 2.44. The maximum Gasteiger partial charge on any atom is 0.412 e. The first-order valence-electron chi connectivity index (χ1n) is 10.6. The van der Waals surface area contributed by atoms with Crippen molar-refractivity contribution in [2.45, 2.75) is 25.3 Å². The van der Waals surface area contributed by atoms with Crippen molar-refractivity contribution in [3.05, 3.63) is 71.4 Å². The first-order chi connectivity index (χ1) is 15.9. The number of aromatic amines is 1. The summed E-state index contributed by atoms with van der Waals surface area (Å²) in [6, 6.07) is 16.5. The zero-order chi connectivity index (χ0) is 23.5. The maximum atomic E-state index is 12.5. The van der Waals surface area contributed by atoms with Gasteiger partial charge in [0, 0.05) is 19.0 Å². The first kappa shape index (κ1) is 22.1. The topological polar surface area (TPSA) is 125 Å². The molecular formula is C24H24N4O5. The van der Waals surface area contributed by atoms with Crippen LogP contribution in [0.3, 0.4) is 0 Å². The van der Waals surface area contributed by atoms with E-state index in [1.807, 2.05) is 36.4 Å². The Hall–Kier alpha value is -4.14. The Bertz CT molecular complexity index is 1160. The van der Waals surface area contributed by atoms with Crippen molar-refractivity contribution in [3.8, 4) is 11.1 Å². The number of amides is 2. The fourth-order valence-electron chi connectivity index (χ4n) is 4.18. The number of hydrogen-bond acceptors (Lipinski definition) is 5. The number of nitrogens with zero attached hydrogens (tertiary/aromatic N) is 2. The van der Waals surface area contributed by atoms with Crippen LogP contribution in [0.4, 0.5) is 10.6 Å². The molecule has 4 rings (SSSR count). The number of H-pyrrole nitrogens is 1. The lowest BCUT2D eigenvalue weighted by molar-refractivity contribution is -0.142. The molecule has 1 aliphatic carbocycles. The highest BCUT2D eigenvalue weighted by atomic mass is 16.5. The second-order valence-electron chi connectivity index (χ2n) is 7.80. The second-order valence-corrected chi connectivity index (χ2v) is 7.80. The molecule has 1 unspecified atom stereocenters. The van der Waals surface area contributed by atoms with E-state index < -0.39 is 24.0 Å². The molecule has 170 valence electrons. The zero-order valence-corrected chi connectivity index (χ0v) is 18.2. The minimum absolute atomic E-state index is 0.0612. The molecule has 9 nitrogen and oxygen atoms in total. The molecule has 33 heavy (non-hydrogen) atoms. The smallest absolute Gasteiger partial charge is 0.412 e. The van der Waals surface area contributed by atoms with E-state index in [4.69, 9.17) is 4.74 Å². The maximum absolute atomic E-state index is 12.5. The summed E-state index contributed by atoms with van der Waals surface area (Å²) in [6.07, 6.45) is -0.441. The van der Waals surface area contributed by atoms with Gasteiger partial charge in [0.05, 0.1) is 0 Å². The van der Waals surface area contributed by atoms with Crippen LogP contribution in [0.1, 0.15) is 40.9 Å². The molecule has 2 amide bonds. The zero-order valence-electron chi connectivity index (χ0n) is 18.2. The Morgan fingerprint density at radius 2 is 1.73 bits per heavy atom. The molecule has 3 N–H and O–H groups in total. The number of fused-ring (bicyclic) bond motifs is 3. The van der Waals surface area contributed by atoms with E-state index in [2.05, 4.69) is 27.6 Å². The minimum Gasteiger partial charge on any atom is -0.480 e. The van der Waals surface area contributed by atoms with Crippen LogP contribution < -0.4 is 5.32 Å². The molecule has 1 aliphatic rings. The van der Waals surface area contributed by atoms with E-state index in [0.717, 1.165) is 27.2 Å². The molecule has 0 fully saturated rings. The molecule has 0 saturated carbocycles. The number of likely N-dealkylation sites (N-methyl/N-ethyl adjacent to an activating group) is 1. The van der Waals surface area contributed by atoms with Crippen LogP contribution in [0.5, 0.6) is 0 Å². The summed E-state index contributed by atoms with van der Waals surface area (Å²) < 4.78 is 5.47. The van der Waals surface area contributed by atoms with Gasteiger partial charge in [-0.05, 0) is 28.7 Å². The summed E-state index contributed by atoms with van der Waals surface area (Å²) in [5, 5.41) is 18.2. The number of nitrogens with one attached hydrogen (secondary N) is 2. The average molecular weight is 448 g/mol. The van der Waals surface area contributed by atoms with E-state index in [9.17, 15) is 19.5 Å². The summed E-state index contributed by atoms with van der Waals surface area (Å²) in [7, 11) is 1.41. The van der Waals surface area contributed by atoms with Crippen molar-refractivity contribution in [2.24, 2.45) is 0 Å². The number of hydrogen-bond donors (Lipinski definition) is 3. The van der Waals surface area contributed by atoms with Crippen molar-refractivity contribution in [2.75, 3.05) is 19.0 Å². The van der Waals surface area contributed by atoms with Crippen LogP contribution in [0.2, 0.25) is 0 Å². The van der Waals surface area contributed by atoms with E-state index in [1.54, 1.807) is 6.92 Å².